The summed E-state index contributed by atoms with van der Waals surface area (Å²) < 4.78 is 2.11. The molecule has 2 heterocycles. The third-order valence-electron chi connectivity index (χ3n) is 4.91. The van der Waals surface area contributed by atoms with E-state index in [4.69, 9.17) is 5.73 Å². The van der Waals surface area contributed by atoms with Crippen LogP contribution in [0, 0.1) is 6.92 Å². The smallest absolute Gasteiger partial charge is 0.253 e. The van der Waals surface area contributed by atoms with Crippen molar-refractivity contribution in [3.63, 3.8) is 0 Å². The maximum Gasteiger partial charge on any atom is 0.253 e. The molecular formula is C20H24Cl2N4O. The zero-order valence-electron chi connectivity index (χ0n) is 15.2. The number of nitrogens with zero attached hydrogens (tertiary/aromatic N) is 3. The van der Waals surface area contributed by atoms with E-state index >= 15 is 0 Å². The lowest BCUT2D eigenvalue weighted by Crippen LogP contribution is -2.42. The summed E-state index contributed by atoms with van der Waals surface area (Å²) in [4.78, 5) is 19.3. The Bertz CT molecular complexity index is 918. The number of imidazole rings is 1. The number of aromatic nitrogens is 2. The minimum absolute atomic E-state index is 0. The van der Waals surface area contributed by atoms with Crippen molar-refractivity contribution in [1.29, 1.82) is 0 Å². The molecular weight excluding hydrogens is 383 g/mol. The Morgan fingerprint density at radius 1 is 1.07 bits per heavy atom. The van der Waals surface area contributed by atoms with E-state index in [1.54, 1.807) is 0 Å². The van der Waals surface area contributed by atoms with Gasteiger partial charge in [0.2, 0.25) is 0 Å². The number of rotatable bonds is 2. The molecule has 1 amide bonds. The molecule has 0 bridgehead atoms. The number of carbonyl (C=O) groups is 1. The van der Waals surface area contributed by atoms with Gasteiger partial charge in [0.15, 0.2) is 0 Å². The summed E-state index contributed by atoms with van der Waals surface area (Å²) >= 11 is 0. The maximum atomic E-state index is 12.8. The van der Waals surface area contributed by atoms with Crippen molar-refractivity contribution in [3.05, 3.63) is 59.9 Å². The Labute approximate surface area is 171 Å². The zero-order chi connectivity index (χ0) is 17.4. The van der Waals surface area contributed by atoms with Gasteiger partial charge in [0.1, 0.15) is 5.82 Å². The van der Waals surface area contributed by atoms with Crippen LogP contribution in [-0.4, -0.2) is 39.5 Å². The third-order valence-corrected chi connectivity index (χ3v) is 4.91. The first-order chi connectivity index (χ1) is 12.1. The number of likely N-dealkylation sites (tertiary alicyclic amines) is 1. The molecule has 0 radical (unpaired) electrons. The second kappa shape index (κ2) is 8.74. The van der Waals surface area contributed by atoms with Crippen molar-refractivity contribution in [2.45, 2.75) is 25.8 Å². The van der Waals surface area contributed by atoms with Gasteiger partial charge in [-0.1, -0.05) is 18.2 Å². The molecule has 0 saturated carbocycles. The van der Waals surface area contributed by atoms with Crippen molar-refractivity contribution >= 4 is 41.8 Å². The van der Waals surface area contributed by atoms with Crippen molar-refractivity contribution < 1.29 is 4.79 Å². The third kappa shape index (κ3) is 4.10. The number of para-hydroxylation sites is 1. The van der Waals surface area contributed by atoms with Crippen molar-refractivity contribution in [2.24, 2.45) is 5.73 Å². The Balaban J connectivity index is 0.00000131. The number of nitrogens with two attached hydrogens (primary N) is 1. The summed E-state index contributed by atoms with van der Waals surface area (Å²) in [5, 5.41) is 0. The van der Waals surface area contributed by atoms with Crippen LogP contribution in [-0.2, 0) is 0 Å². The molecule has 0 atom stereocenters. The molecule has 1 fully saturated rings. The minimum Gasteiger partial charge on any atom is -0.339 e. The van der Waals surface area contributed by atoms with Gasteiger partial charge in [-0.25, -0.2) is 4.98 Å². The van der Waals surface area contributed by atoms with E-state index < -0.39 is 0 Å². The number of fused-ring (bicyclic) bond motifs is 1. The predicted molar refractivity (Wildman–Crippen MR) is 113 cm³/mol. The second-order valence-electron chi connectivity index (χ2n) is 6.66. The number of halogens is 2. The number of amides is 1. The van der Waals surface area contributed by atoms with Gasteiger partial charge in [0.25, 0.3) is 5.91 Å². The average molecular weight is 407 g/mol. The van der Waals surface area contributed by atoms with Crippen LogP contribution in [0.25, 0.3) is 16.7 Å². The fourth-order valence-corrected chi connectivity index (χ4v) is 3.52. The fourth-order valence-electron chi connectivity index (χ4n) is 3.52. The largest absolute Gasteiger partial charge is 0.339 e. The van der Waals surface area contributed by atoms with E-state index in [9.17, 15) is 4.79 Å². The highest BCUT2D eigenvalue weighted by molar-refractivity contribution is 5.97. The molecule has 0 unspecified atom stereocenters. The molecule has 3 aromatic rings. The van der Waals surface area contributed by atoms with E-state index in [2.05, 4.69) is 21.7 Å². The number of carbonyl (C=O) groups excluding carboxylic acids is 1. The number of piperidine rings is 1. The van der Waals surface area contributed by atoms with Crippen LogP contribution in [0.2, 0.25) is 0 Å². The fraction of sp³-hybridized carbons (Fsp3) is 0.300. The van der Waals surface area contributed by atoms with Gasteiger partial charge >= 0.3 is 0 Å². The van der Waals surface area contributed by atoms with Crippen LogP contribution in [0.5, 0.6) is 0 Å². The van der Waals surface area contributed by atoms with E-state index in [-0.39, 0.29) is 36.8 Å². The Morgan fingerprint density at radius 2 is 1.74 bits per heavy atom. The highest BCUT2D eigenvalue weighted by Gasteiger charge is 2.22. The van der Waals surface area contributed by atoms with Crippen LogP contribution < -0.4 is 5.73 Å². The molecule has 2 aromatic carbocycles. The van der Waals surface area contributed by atoms with Gasteiger partial charge in [-0.3, -0.25) is 9.36 Å². The molecule has 0 spiro atoms. The molecule has 2 N–H and O–H groups in total. The predicted octanol–water partition coefficient (Wildman–Crippen LogP) is 3.74. The Kier molecular flexibility index (Phi) is 6.87. The number of hydrogen-bond acceptors (Lipinski definition) is 3. The van der Waals surface area contributed by atoms with Crippen LogP contribution in [0.3, 0.4) is 0 Å². The van der Waals surface area contributed by atoms with Crippen molar-refractivity contribution in [1.82, 2.24) is 14.5 Å². The lowest BCUT2D eigenvalue weighted by Gasteiger charge is -2.30. The van der Waals surface area contributed by atoms with Gasteiger partial charge in [0.05, 0.1) is 11.0 Å². The van der Waals surface area contributed by atoms with Gasteiger partial charge in [-0.05, 0) is 50.1 Å². The Morgan fingerprint density at radius 3 is 2.41 bits per heavy atom. The van der Waals surface area contributed by atoms with Gasteiger partial charge in [0, 0.05) is 30.4 Å². The molecule has 0 aliphatic carbocycles. The monoisotopic (exact) mass is 406 g/mol. The average Bonchev–Trinajstić information content (AvgIpc) is 2.97. The van der Waals surface area contributed by atoms with Crippen LogP contribution >= 0.6 is 24.8 Å². The summed E-state index contributed by atoms with van der Waals surface area (Å²) in [6, 6.07) is 16.2. The molecule has 27 heavy (non-hydrogen) atoms. The summed E-state index contributed by atoms with van der Waals surface area (Å²) in [6.45, 7) is 3.45. The molecule has 5 nitrogen and oxygen atoms in total. The van der Waals surface area contributed by atoms with E-state index in [0.29, 0.717) is 5.56 Å². The lowest BCUT2D eigenvalue weighted by atomic mass is 10.0. The molecule has 1 saturated heterocycles. The highest BCUT2D eigenvalue weighted by Crippen LogP contribution is 2.23. The van der Waals surface area contributed by atoms with Crippen LogP contribution in [0.4, 0.5) is 0 Å². The van der Waals surface area contributed by atoms with Gasteiger partial charge < -0.3 is 10.6 Å². The molecule has 4 rings (SSSR count). The topological polar surface area (TPSA) is 64.2 Å². The SMILES string of the molecule is Cc1nc2cc(C(=O)N3CCC(N)CC3)ccc2n1-c1ccccc1.Cl.Cl. The van der Waals surface area contributed by atoms with Gasteiger partial charge in [-0.2, -0.15) is 0 Å². The summed E-state index contributed by atoms with van der Waals surface area (Å²) in [5.74, 6) is 0.982. The highest BCUT2D eigenvalue weighted by atomic mass is 35.5. The molecule has 7 heteroatoms. The summed E-state index contributed by atoms with van der Waals surface area (Å²) in [7, 11) is 0. The second-order valence-corrected chi connectivity index (χ2v) is 6.66. The lowest BCUT2D eigenvalue weighted by molar-refractivity contribution is 0.0715. The number of benzene rings is 2. The first-order valence-corrected chi connectivity index (χ1v) is 8.73. The molecule has 1 aliphatic heterocycles. The first-order valence-electron chi connectivity index (χ1n) is 8.73. The summed E-state index contributed by atoms with van der Waals surface area (Å²) in [6.07, 6.45) is 1.74. The van der Waals surface area contributed by atoms with Crippen LogP contribution in [0.1, 0.15) is 29.0 Å². The van der Waals surface area contributed by atoms with Crippen molar-refractivity contribution in [2.75, 3.05) is 13.1 Å². The quantitative estimate of drug-likeness (QED) is 0.704. The minimum atomic E-state index is 0. The number of hydrogen-bond donors (Lipinski definition) is 1. The standard InChI is InChI=1S/C20H22N4O.2ClH/c1-14-22-18-13-15(20(25)23-11-9-16(21)10-12-23)7-8-19(18)24(14)17-5-3-2-4-6-17;;/h2-8,13,16H,9-12,21H2,1H3;2*1H. The maximum absolute atomic E-state index is 12.8. The normalized spacial score (nSPS) is 14.5. The Hall–Kier alpha value is -2.08. The number of aryl methyl sites for hydroxylation is 1. The van der Waals surface area contributed by atoms with Crippen LogP contribution in [0.15, 0.2) is 48.5 Å². The summed E-state index contributed by atoms with van der Waals surface area (Å²) in [5.41, 5.74) is 9.57. The van der Waals surface area contributed by atoms with Gasteiger partial charge in [-0.15, -0.1) is 24.8 Å². The molecule has 1 aromatic heterocycles. The molecule has 1 aliphatic rings. The van der Waals surface area contributed by atoms with Crippen molar-refractivity contribution in [3.8, 4) is 5.69 Å². The first kappa shape index (κ1) is 21.2. The van der Waals surface area contributed by atoms with E-state index in [0.717, 1.165) is 48.5 Å². The molecule has 144 valence electrons. The van der Waals surface area contributed by atoms with E-state index in [1.165, 1.54) is 0 Å². The zero-order valence-corrected chi connectivity index (χ0v) is 16.8. The van der Waals surface area contributed by atoms with E-state index in [1.807, 2.05) is 48.2 Å².